The van der Waals surface area contributed by atoms with Gasteiger partial charge in [-0.05, 0) is 42.8 Å². The maximum Gasteiger partial charge on any atom is 0.335 e. The van der Waals surface area contributed by atoms with Crippen LogP contribution in [0.25, 0.3) is 11.1 Å². The van der Waals surface area contributed by atoms with Crippen molar-refractivity contribution in [1.29, 1.82) is 0 Å². The Morgan fingerprint density at radius 1 is 1.25 bits per heavy atom. The summed E-state index contributed by atoms with van der Waals surface area (Å²) in [7, 11) is 1.48. The van der Waals surface area contributed by atoms with Gasteiger partial charge in [0.25, 0.3) is 0 Å². The van der Waals surface area contributed by atoms with E-state index in [2.05, 4.69) is 0 Å². The van der Waals surface area contributed by atoms with Crippen molar-refractivity contribution in [1.82, 2.24) is 0 Å². The molecule has 0 aliphatic rings. The summed E-state index contributed by atoms with van der Waals surface area (Å²) in [6, 6.07) is 7.22. The molecule has 0 radical (unpaired) electrons. The van der Waals surface area contributed by atoms with Crippen LogP contribution in [0.1, 0.15) is 15.9 Å². The third-order valence-corrected chi connectivity index (χ3v) is 3.30. The maximum absolute atomic E-state index is 13.5. The molecular weight excluding hydrogens is 283 g/mol. The summed E-state index contributed by atoms with van der Waals surface area (Å²) in [5.41, 5.74) is 1.58. The van der Waals surface area contributed by atoms with Crippen LogP contribution < -0.4 is 4.74 Å². The van der Waals surface area contributed by atoms with Crippen LogP contribution in [-0.2, 0) is 0 Å². The van der Waals surface area contributed by atoms with Gasteiger partial charge in [0.15, 0.2) is 0 Å². The van der Waals surface area contributed by atoms with E-state index in [4.69, 9.17) is 21.4 Å². The molecule has 0 aromatic heterocycles. The molecular formula is C15H12ClFO3. The molecule has 0 fully saturated rings. The topological polar surface area (TPSA) is 46.5 Å². The average Bonchev–Trinajstić information content (AvgIpc) is 2.42. The highest BCUT2D eigenvalue weighted by Crippen LogP contribution is 2.36. The minimum absolute atomic E-state index is 0.110. The molecule has 0 saturated heterocycles. The van der Waals surface area contributed by atoms with Gasteiger partial charge in [0.05, 0.1) is 17.7 Å². The smallest absolute Gasteiger partial charge is 0.335 e. The van der Waals surface area contributed by atoms with Gasteiger partial charge in [-0.15, -0.1) is 0 Å². The van der Waals surface area contributed by atoms with Crippen LogP contribution in [0, 0.1) is 12.7 Å². The van der Waals surface area contributed by atoms with Crippen LogP contribution in [0.3, 0.4) is 0 Å². The molecule has 0 heterocycles. The van der Waals surface area contributed by atoms with E-state index < -0.39 is 11.8 Å². The molecule has 0 amide bonds. The molecule has 0 atom stereocenters. The Bertz CT molecular complexity index is 683. The first-order valence-electron chi connectivity index (χ1n) is 5.81. The second-order valence-corrected chi connectivity index (χ2v) is 4.71. The van der Waals surface area contributed by atoms with Gasteiger partial charge in [-0.3, -0.25) is 0 Å². The van der Waals surface area contributed by atoms with Crippen molar-refractivity contribution in [3.05, 3.63) is 52.3 Å². The molecule has 2 rings (SSSR count). The lowest BCUT2D eigenvalue weighted by atomic mass is 10.00. The Morgan fingerprint density at radius 3 is 2.55 bits per heavy atom. The van der Waals surface area contributed by atoms with Gasteiger partial charge in [-0.2, -0.15) is 0 Å². The summed E-state index contributed by atoms with van der Waals surface area (Å²) in [6.45, 7) is 1.61. The number of rotatable bonds is 3. The van der Waals surface area contributed by atoms with E-state index >= 15 is 0 Å². The van der Waals surface area contributed by atoms with Crippen molar-refractivity contribution in [2.45, 2.75) is 6.92 Å². The Labute approximate surface area is 120 Å². The van der Waals surface area contributed by atoms with E-state index in [1.165, 1.54) is 25.3 Å². The molecule has 0 bridgehead atoms. The van der Waals surface area contributed by atoms with Crippen molar-refractivity contribution >= 4 is 17.6 Å². The second-order valence-electron chi connectivity index (χ2n) is 4.30. The third-order valence-electron chi connectivity index (χ3n) is 2.98. The largest absolute Gasteiger partial charge is 0.496 e. The number of aromatic carboxylic acids is 1. The van der Waals surface area contributed by atoms with Crippen LogP contribution in [0.4, 0.5) is 4.39 Å². The maximum atomic E-state index is 13.5. The Hall–Kier alpha value is -2.07. The molecule has 0 spiro atoms. The van der Waals surface area contributed by atoms with E-state index in [1.54, 1.807) is 19.1 Å². The molecule has 104 valence electrons. The van der Waals surface area contributed by atoms with Gasteiger partial charge in [-0.25, -0.2) is 9.18 Å². The van der Waals surface area contributed by atoms with Gasteiger partial charge >= 0.3 is 5.97 Å². The van der Waals surface area contributed by atoms with E-state index in [0.29, 0.717) is 22.4 Å². The normalized spacial score (nSPS) is 10.4. The zero-order valence-corrected chi connectivity index (χ0v) is 11.7. The van der Waals surface area contributed by atoms with Crippen molar-refractivity contribution in [3.8, 4) is 16.9 Å². The van der Waals surface area contributed by atoms with Crippen LogP contribution in [0.2, 0.25) is 5.02 Å². The van der Waals surface area contributed by atoms with Gasteiger partial charge in [0.1, 0.15) is 11.6 Å². The molecule has 0 aliphatic carbocycles. The van der Waals surface area contributed by atoms with E-state index in [0.717, 1.165) is 0 Å². The van der Waals surface area contributed by atoms with E-state index in [1.807, 2.05) is 0 Å². The summed E-state index contributed by atoms with van der Waals surface area (Å²) >= 11 is 6.05. The number of carboxylic acid groups (broad SMARTS) is 1. The predicted molar refractivity (Wildman–Crippen MR) is 75.1 cm³/mol. The third kappa shape index (κ3) is 2.60. The number of hydrogen-bond acceptors (Lipinski definition) is 2. The number of aryl methyl sites for hydroxylation is 1. The minimum atomic E-state index is -1.05. The monoisotopic (exact) mass is 294 g/mol. The molecule has 20 heavy (non-hydrogen) atoms. The van der Waals surface area contributed by atoms with Gasteiger partial charge in [0.2, 0.25) is 0 Å². The summed E-state index contributed by atoms with van der Waals surface area (Å²) in [4.78, 5) is 11.1. The lowest BCUT2D eigenvalue weighted by Crippen LogP contribution is -1.98. The fraction of sp³-hybridized carbons (Fsp3) is 0.133. The van der Waals surface area contributed by atoms with Gasteiger partial charge in [0, 0.05) is 11.1 Å². The molecule has 0 saturated carbocycles. The van der Waals surface area contributed by atoms with Crippen molar-refractivity contribution in [2.75, 3.05) is 7.11 Å². The lowest BCUT2D eigenvalue weighted by Gasteiger charge is -2.12. The van der Waals surface area contributed by atoms with Crippen LogP contribution in [0.5, 0.6) is 5.75 Å². The molecule has 2 aromatic rings. The molecule has 0 unspecified atom stereocenters. The average molecular weight is 295 g/mol. The Morgan fingerprint density at radius 2 is 1.95 bits per heavy atom. The zero-order valence-electron chi connectivity index (χ0n) is 10.9. The zero-order chi connectivity index (χ0) is 14.9. The quantitative estimate of drug-likeness (QED) is 0.924. The Balaban J connectivity index is 2.70. The highest BCUT2D eigenvalue weighted by Gasteiger charge is 2.15. The fourth-order valence-corrected chi connectivity index (χ4v) is 2.17. The van der Waals surface area contributed by atoms with Crippen molar-refractivity contribution in [2.24, 2.45) is 0 Å². The predicted octanol–water partition coefficient (Wildman–Crippen LogP) is 4.16. The Kier molecular flexibility index (Phi) is 3.95. The van der Waals surface area contributed by atoms with Gasteiger partial charge in [-0.1, -0.05) is 11.6 Å². The summed E-state index contributed by atoms with van der Waals surface area (Å²) in [5, 5.41) is 9.26. The van der Waals surface area contributed by atoms with Crippen LogP contribution in [-0.4, -0.2) is 18.2 Å². The second kappa shape index (κ2) is 5.51. The van der Waals surface area contributed by atoms with E-state index in [9.17, 15) is 9.18 Å². The first kappa shape index (κ1) is 14.3. The molecule has 5 heteroatoms. The summed E-state index contributed by atoms with van der Waals surface area (Å²) in [5.74, 6) is -0.987. The summed E-state index contributed by atoms with van der Waals surface area (Å²) in [6.07, 6.45) is 0. The first-order chi connectivity index (χ1) is 9.43. The summed E-state index contributed by atoms with van der Waals surface area (Å²) < 4.78 is 18.7. The van der Waals surface area contributed by atoms with Gasteiger partial charge < -0.3 is 9.84 Å². The number of carbonyl (C=O) groups is 1. The van der Waals surface area contributed by atoms with Crippen LogP contribution >= 0.6 is 11.6 Å². The number of benzene rings is 2. The number of carboxylic acids is 1. The molecule has 2 aromatic carbocycles. The van der Waals surface area contributed by atoms with Crippen molar-refractivity contribution < 1.29 is 19.0 Å². The fourth-order valence-electron chi connectivity index (χ4n) is 1.92. The number of methoxy groups -OCH3 is 1. The first-order valence-corrected chi connectivity index (χ1v) is 6.19. The number of ether oxygens (including phenoxy) is 1. The number of hydrogen-bond donors (Lipinski definition) is 1. The standard InChI is InChI=1S/C15H12ClFO3/c1-8-5-10(12(16)7-13(8)17)11-6-9(15(18)19)3-4-14(11)20-2/h3-7H,1-2H3,(H,18,19). The molecule has 3 nitrogen and oxygen atoms in total. The lowest BCUT2D eigenvalue weighted by molar-refractivity contribution is 0.0697. The molecule has 0 aliphatic heterocycles. The highest BCUT2D eigenvalue weighted by molar-refractivity contribution is 6.33. The minimum Gasteiger partial charge on any atom is -0.496 e. The highest BCUT2D eigenvalue weighted by atomic mass is 35.5. The molecule has 1 N–H and O–H groups in total. The van der Waals surface area contributed by atoms with Crippen molar-refractivity contribution in [3.63, 3.8) is 0 Å². The number of halogens is 2. The SMILES string of the molecule is COc1ccc(C(=O)O)cc1-c1cc(C)c(F)cc1Cl. The van der Waals surface area contributed by atoms with Crippen LogP contribution in [0.15, 0.2) is 30.3 Å². The van der Waals surface area contributed by atoms with E-state index in [-0.39, 0.29) is 10.6 Å².